The van der Waals surface area contributed by atoms with Gasteiger partial charge in [0.15, 0.2) is 6.61 Å². The van der Waals surface area contributed by atoms with Gasteiger partial charge in [-0.2, -0.15) is 0 Å². The number of methoxy groups -OCH3 is 2. The van der Waals surface area contributed by atoms with Crippen molar-refractivity contribution in [3.63, 3.8) is 0 Å². The highest BCUT2D eigenvalue weighted by atomic mass is 79.9. The van der Waals surface area contributed by atoms with E-state index in [-0.39, 0.29) is 24.5 Å². The second kappa shape index (κ2) is 10.4. The first kappa shape index (κ1) is 24.5. The summed E-state index contributed by atoms with van der Waals surface area (Å²) < 4.78 is 32.6. The number of carbonyl (C=O) groups is 2. The summed E-state index contributed by atoms with van der Waals surface area (Å²) in [4.78, 5) is 28.2. The molecule has 2 amide bonds. The molecular formula is C26H24BrFN2O5. The van der Waals surface area contributed by atoms with Crippen LogP contribution in [0.5, 0.6) is 17.2 Å². The third-order valence-corrected chi connectivity index (χ3v) is 6.31. The number of amides is 2. The largest absolute Gasteiger partial charge is 0.497 e. The van der Waals surface area contributed by atoms with Gasteiger partial charge in [-0.3, -0.25) is 9.59 Å². The number of ether oxygens (including phenoxy) is 3. The molecule has 1 unspecified atom stereocenters. The van der Waals surface area contributed by atoms with Crippen LogP contribution in [0.2, 0.25) is 0 Å². The lowest BCUT2D eigenvalue weighted by Crippen LogP contribution is -2.41. The fourth-order valence-corrected chi connectivity index (χ4v) is 4.27. The Bertz CT molecular complexity index is 1270. The lowest BCUT2D eigenvalue weighted by Gasteiger charge is -2.30. The number of carbonyl (C=O) groups excluding carboxylic acids is 2. The molecule has 3 aromatic carbocycles. The number of nitrogens with one attached hydrogen (secondary N) is 1. The lowest BCUT2D eigenvalue weighted by molar-refractivity contribution is -0.140. The Balaban J connectivity index is 1.80. The molecule has 9 heteroatoms. The van der Waals surface area contributed by atoms with E-state index >= 15 is 4.39 Å². The Hall–Kier alpha value is -3.59. The summed E-state index contributed by atoms with van der Waals surface area (Å²) in [6.45, 7) is 1.40. The van der Waals surface area contributed by atoms with Gasteiger partial charge in [0.2, 0.25) is 0 Å². The van der Waals surface area contributed by atoms with E-state index in [1.165, 1.54) is 25.2 Å². The van der Waals surface area contributed by atoms with Crippen molar-refractivity contribution in [1.82, 2.24) is 4.90 Å². The quantitative estimate of drug-likeness (QED) is 0.473. The van der Waals surface area contributed by atoms with Crippen LogP contribution in [0, 0.1) is 12.7 Å². The van der Waals surface area contributed by atoms with Crippen LogP contribution in [0.25, 0.3) is 0 Å². The molecular weight excluding hydrogens is 519 g/mol. The van der Waals surface area contributed by atoms with Crippen molar-refractivity contribution in [2.45, 2.75) is 19.5 Å². The molecule has 0 aromatic heterocycles. The second-order valence-electron chi connectivity index (χ2n) is 7.99. The van der Waals surface area contributed by atoms with E-state index in [0.29, 0.717) is 28.3 Å². The van der Waals surface area contributed by atoms with E-state index < -0.39 is 23.7 Å². The molecule has 0 saturated carbocycles. The van der Waals surface area contributed by atoms with E-state index in [0.717, 1.165) is 4.47 Å². The zero-order chi connectivity index (χ0) is 25.1. The number of nitrogens with zero attached hydrogens (tertiary/aromatic N) is 1. The van der Waals surface area contributed by atoms with Gasteiger partial charge in [-0.15, -0.1) is 0 Å². The maximum absolute atomic E-state index is 15.3. The van der Waals surface area contributed by atoms with Gasteiger partial charge >= 0.3 is 0 Å². The van der Waals surface area contributed by atoms with Crippen molar-refractivity contribution in [2.75, 3.05) is 26.1 Å². The number of anilines is 1. The first-order valence-corrected chi connectivity index (χ1v) is 11.6. The van der Waals surface area contributed by atoms with E-state index in [9.17, 15) is 9.59 Å². The average molecular weight is 543 g/mol. The fourth-order valence-electron chi connectivity index (χ4n) is 4.01. The molecule has 1 aliphatic heterocycles. The van der Waals surface area contributed by atoms with E-state index in [1.807, 2.05) is 0 Å². The first-order chi connectivity index (χ1) is 16.8. The van der Waals surface area contributed by atoms with Gasteiger partial charge < -0.3 is 24.4 Å². The molecule has 1 aliphatic rings. The zero-order valence-electron chi connectivity index (χ0n) is 19.4. The highest BCUT2D eigenvalue weighted by Crippen LogP contribution is 2.39. The molecule has 1 N–H and O–H groups in total. The zero-order valence-corrected chi connectivity index (χ0v) is 21.0. The summed E-state index contributed by atoms with van der Waals surface area (Å²) >= 11 is 3.36. The Morgan fingerprint density at radius 3 is 2.57 bits per heavy atom. The number of hydrogen-bond acceptors (Lipinski definition) is 5. The molecule has 7 nitrogen and oxygen atoms in total. The van der Waals surface area contributed by atoms with Crippen LogP contribution in [-0.2, 0) is 16.1 Å². The molecule has 0 saturated heterocycles. The molecule has 0 aliphatic carbocycles. The standard InChI is InChI=1S/C26H24BrFN2O5/c1-15-4-11-20(28)23-24(26(32)29-18-8-6-17(27)7-9-18)30(22(31)14-35-25(15)23)13-16-5-10-19(33-2)12-21(16)34-3/h4-12,24H,13-14H2,1-3H3,(H,29,32). The van der Waals surface area contributed by atoms with Crippen LogP contribution < -0.4 is 19.5 Å². The molecule has 1 heterocycles. The third kappa shape index (κ3) is 5.09. The van der Waals surface area contributed by atoms with Crippen molar-refractivity contribution in [3.8, 4) is 17.2 Å². The number of halogens is 2. The topological polar surface area (TPSA) is 77.1 Å². The number of benzene rings is 3. The number of hydrogen-bond donors (Lipinski definition) is 1. The Kier molecular flexibility index (Phi) is 7.25. The minimum absolute atomic E-state index is 0.0120. The maximum Gasteiger partial charge on any atom is 0.261 e. The van der Waals surface area contributed by atoms with Crippen molar-refractivity contribution in [2.24, 2.45) is 0 Å². The van der Waals surface area contributed by atoms with Crippen LogP contribution in [0.4, 0.5) is 10.1 Å². The molecule has 0 bridgehead atoms. The van der Waals surface area contributed by atoms with Gasteiger partial charge in [0.05, 0.1) is 26.3 Å². The van der Waals surface area contributed by atoms with E-state index in [1.54, 1.807) is 55.5 Å². The second-order valence-corrected chi connectivity index (χ2v) is 8.91. The highest BCUT2D eigenvalue weighted by molar-refractivity contribution is 9.10. The summed E-state index contributed by atoms with van der Waals surface area (Å²) in [6, 6.07) is 13.7. The normalized spacial score (nSPS) is 15.1. The fraction of sp³-hybridized carbons (Fsp3) is 0.231. The third-order valence-electron chi connectivity index (χ3n) is 5.78. The molecule has 0 fully saturated rings. The Morgan fingerprint density at radius 2 is 1.89 bits per heavy atom. The van der Waals surface area contributed by atoms with E-state index in [2.05, 4.69) is 21.2 Å². The van der Waals surface area contributed by atoms with Gasteiger partial charge in [-0.25, -0.2) is 4.39 Å². The van der Waals surface area contributed by atoms with Gasteiger partial charge in [0.25, 0.3) is 11.8 Å². The minimum Gasteiger partial charge on any atom is -0.497 e. The predicted molar refractivity (Wildman–Crippen MR) is 132 cm³/mol. The van der Waals surface area contributed by atoms with E-state index in [4.69, 9.17) is 14.2 Å². The van der Waals surface area contributed by atoms with Crippen LogP contribution in [0.1, 0.15) is 22.7 Å². The number of rotatable bonds is 6. The summed E-state index contributed by atoms with van der Waals surface area (Å²) in [5, 5.41) is 2.81. The molecule has 0 spiro atoms. The summed E-state index contributed by atoms with van der Waals surface area (Å²) in [7, 11) is 3.04. The average Bonchev–Trinajstić information content (AvgIpc) is 3.00. The predicted octanol–water partition coefficient (Wildman–Crippen LogP) is 5.01. The molecule has 182 valence electrons. The lowest BCUT2D eigenvalue weighted by atomic mass is 9.98. The Morgan fingerprint density at radius 1 is 1.14 bits per heavy atom. The molecule has 1 atom stereocenters. The van der Waals surface area contributed by atoms with Crippen molar-refractivity contribution in [3.05, 3.63) is 81.6 Å². The number of fused-ring (bicyclic) bond motifs is 1. The van der Waals surface area contributed by atoms with Crippen LogP contribution in [0.3, 0.4) is 0 Å². The monoisotopic (exact) mass is 542 g/mol. The van der Waals surface area contributed by atoms with Gasteiger partial charge in [0, 0.05) is 21.8 Å². The molecule has 3 aromatic rings. The molecule has 35 heavy (non-hydrogen) atoms. The highest BCUT2D eigenvalue weighted by Gasteiger charge is 2.39. The molecule has 0 radical (unpaired) electrons. The van der Waals surface area contributed by atoms with Crippen LogP contribution >= 0.6 is 15.9 Å². The van der Waals surface area contributed by atoms with Gasteiger partial charge in [0.1, 0.15) is 29.1 Å². The van der Waals surface area contributed by atoms with Gasteiger partial charge in [-0.1, -0.05) is 22.0 Å². The summed E-state index contributed by atoms with van der Waals surface area (Å²) in [5.74, 6) is -0.424. The summed E-state index contributed by atoms with van der Waals surface area (Å²) in [5.41, 5.74) is 1.77. The van der Waals surface area contributed by atoms with Gasteiger partial charge in [-0.05, 0) is 55.0 Å². The van der Waals surface area contributed by atoms with Crippen molar-refractivity contribution in [1.29, 1.82) is 0 Å². The Labute approximate surface area is 210 Å². The van der Waals surface area contributed by atoms with Crippen molar-refractivity contribution >= 4 is 33.4 Å². The maximum atomic E-state index is 15.3. The van der Waals surface area contributed by atoms with Crippen molar-refractivity contribution < 1.29 is 28.2 Å². The van der Waals surface area contributed by atoms with Crippen LogP contribution in [-0.4, -0.2) is 37.5 Å². The summed E-state index contributed by atoms with van der Waals surface area (Å²) in [6.07, 6.45) is 0. The number of aryl methyl sites for hydroxylation is 1. The first-order valence-electron chi connectivity index (χ1n) is 10.8. The molecule has 4 rings (SSSR count). The SMILES string of the molecule is COc1ccc(CN2C(=O)COc3c(C)ccc(F)c3C2C(=O)Nc2ccc(Br)cc2)c(OC)c1. The minimum atomic E-state index is -1.28. The smallest absolute Gasteiger partial charge is 0.261 e. The van der Waals surface area contributed by atoms with Crippen LogP contribution in [0.15, 0.2) is 59.1 Å².